The van der Waals surface area contributed by atoms with E-state index in [-0.39, 0.29) is 29.0 Å². The van der Waals surface area contributed by atoms with Crippen molar-refractivity contribution in [3.05, 3.63) is 59.1 Å². The zero-order chi connectivity index (χ0) is 25.3. The molecule has 0 unspecified atom stereocenters. The maximum Gasteiger partial charge on any atom is 0.335 e. The number of carbonyl (C=O) groups is 1. The molecular formula is C27H24FN3O5S. The Balaban J connectivity index is 1.08. The van der Waals surface area contributed by atoms with Crippen LogP contribution >= 0.6 is 11.3 Å². The van der Waals surface area contributed by atoms with Gasteiger partial charge >= 0.3 is 5.97 Å². The molecule has 2 aromatic carbocycles. The van der Waals surface area contributed by atoms with E-state index in [9.17, 15) is 19.4 Å². The Hall–Kier alpha value is -3.50. The molecule has 2 N–H and O–H groups in total. The fourth-order valence-electron chi connectivity index (χ4n) is 5.77. The molecular weight excluding hydrogens is 497 g/mol. The van der Waals surface area contributed by atoms with Crippen LogP contribution in [0.1, 0.15) is 53.3 Å². The van der Waals surface area contributed by atoms with Gasteiger partial charge in [-0.1, -0.05) is 28.6 Å². The van der Waals surface area contributed by atoms with Gasteiger partial charge in [-0.05, 0) is 49.9 Å². The van der Waals surface area contributed by atoms with Crippen LogP contribution in [-0.4, -0.2) is 45.0 Å². The first-order valence-corrected chi connectivity index (χ1v) is 13.3. The van der Waals surface area contributed by atoms with E-state index in [2.05, 4.69) is 15.0 Å². The largest absolute Gasteiger partial charge is 0.508 e. The monoisotopic (exact) mass is 521 g/mol. The lowest BCUT2D eigenvalue weighted by atomic mass is 10.0. The zero-order valence-electron chi connectivity index (χ0n) is 19.8. The van der Waals surface area contributed by atoms with Crippen molar-refractivity contribution < 1.29 is 28.7 Å². The topological polar surface area (TPSA) is 109 Å². The van der Waals surface area contributed by atoms with Gasteiger partial charge in [0.15, 0.2) is 10.9 Å². The van der Waals surface area contributed by atoms with E-state index < -0.39 is 11.8 Å². The van der Waals surface area contributed by atoms with Crippen LogP contribution in [0, 0.1) is 11.7 Å². The summed E-state index contributed by atoms with van der Waals surface area (Å²) in [6.07, 6.45) is 4.07. The van der Waals surface area contributed by atoms with Crippen molar-refractivity contribution in [2.75, 3.05) is 11.4 Å². The highest BCUT2D eigenvalue weighted by molar-refractivity contribution is 7.22. The standard InChI is InChI=1S/C27H24FN3O5S/c28-20-8-15(26(33)34)9-22-24(20)29-27(37-22)31-11-16-6-17(31)10-21(16)35-12-19-23(14-2-1-3-18(32)7-14)30-36-25(19)13-4-5-13/h1-3,7-9,13,16-17,21,32H,4-6,10-12H2,(H,33,34)/t16-,17-,21+/m0/s1. The van der Waals surface area contributed by atoms with Gasteiger partial charge in [0.2, 0.25) is 0 Å². The summed E-state index contributed by atoms with van der Waals surface area (Å²) in [7, 11) is 0. The van der Waals surface area contributed by atoms with Crippen molar-refractivity contribution in [2.45, 2.75) is 50.4 Å². The SMILES string of the molecule is O=C(O)c1cc(F)c2nc(N3C[C@@H]4C[C@H]3C[C@H]4OCc3c(-c4cccc(O)c4)noc3C3CC3)sc2c1. The van der Waals surface area contributed by atoms with E-state index in [1.54, 1.807) is 18.2 Å². The van der Waals surface area contributed by atoms with E-state index in [4.69, 9.17) is 9.26 Å². The van der Waals surface area contributed by atoms with E-state index in [0.29, 0.717) is 23.1 Å². The Labute approximate surface area is 215 Å². The molecule has 1 saturated heterocycles. The van der Waals surface area contributed by atoms with E-state index in [0.717, 1.165) is 66.0 Å². The molecule has 4 aromatic rings. The van der Waals surface area contributed by atoms with Gasteiger partial charge in [0, 0.05) is 35.5 Å². The number of carboxylic acids is 1. The predicted molar refractivity (Wildman–Crippen MR) is 135 cm³/mol. The Bertz CT molecular complexity index is 1530. The molecule has 2 aromatic heterocycles. The molecule has 3 atom stereocenters. The molecule has 2 aliphatic carbocycles. The van der Waals surface area contributed by atoms with Crippen LogP contribution in [0.2, 0.25) is 0 Å². The summed E-state index contributed by atoms with van der Waals surface area (Å²) in [5, 5.41) is 24.2. The van der Waals surface area contributed by atoms with Crippen LogP contribution in [0.5, 0.6) is 5.75 Å². The highest BCUT2D eigenvalue weighted by atomic mass is 32.1. The van der Waals surface area contributed by atoms with Gasteiger partial charge in [-0.15, -0.1) is 0 Å². The van der Waals surface area contributed by atoms with Crippen molar-refractivity contribution in [3.8, 4) is 17.0 Å². The molecule has 1 aliphatic heterocycles. The molecule has 0 amide bonds. The summed E-state index contributed by atoms with van der Waals surface area (Å²) in [6.45, 7) is 1.17. The minimum Gasteiger partial charge on any atom is -0.508 e. The molecule has 3 aliphatic rings. The number of aromatic hydroxyl groups is 1. The van der Waals surface area contributed by atoms with Gasteiger partial charge in [0.1, 0.15) is 22.7 Å². The first kappa shape index (κ1) is 22.7. The maximum absolute atomic E-state index is 14.5. The zero-order valence-corrected chi connectivity index (χ0v) is 20.6. The van der Waals surface area contributed by atoms with Crippen LogP contribution in [0.4, 0.5) is 9.52 Å². The van der Waals surface area contributed by atoms with Gasteiger partial charge in [0.25, 0.3) is 0 Å². The summed E-state index contributed by atoms with van der Waals surface area (Å²) in [5.41, 5.74) is 2.65. The predicted octanol–water partition coefficient (Wildman–Crippen LogP) is 5.56. The number of phenolic OH excluding ortho intramolecular Hbond substituents is 1. The molecule has 8 nitrogen and oxygen atoms in total. The van der Waals surface area contributed by atoms with Gasteiger partial charge in [-0.25, -0.2) is 14.2 Å². The lowest BCUT2D eigenvalue weighted by molar-refractivity contribution is 0.0122. The summed E-state index contributed by atoms with van der Waals surface area (Å²) in [6, 6.07) is 9.78. The fraction of sp³-hybridized carbons (Fsp3) is 0.370. The van der Waals surface area contributed by atoms with Gasteiger partial charge in [-0.3, -0.25) is 0 Å². The number of carboxylic acid groups (broad SMARTS) is 1. The normalized spacial score (nSPS) is 22.8. The minimum atomic E-state index is -1.15. The first-order valence-electron chi connectivity index (χ1n) is 12.4. The highest BCUT2D eigenvalue weighted by Gasteiger charge is 2.46. The number of nitrogens with zero attached hydrogens (tertiary/aromatic N) is 3. The minimum absolute atomic E-state index is 0.0685. The molecule has 37 heavy (non-hydrogen) atoms. The number of halogens is 1. The Morgan fingerprint density at radius 2 is 2.11 bits per heavy atom. The second-order valence-corrected chi connectivity index (χ2v) is 11.2. The molecule has 190 valence electrons. The van der Waals surface area contributed by atoms with Gasteiger partial charge in [-0.2, -0.15) is 0 Å². The summed E-state index contributed by atoms with van der Waals surface area (Å²) < 4.78 is 27.2. The van der Waals surface area contributed by atoms with Crippen molar-refractivity contribution in [1.29, 1.82) is 0 Å². The average molecular weight is 522 g/mol. The molecule has 2 saturated carbocycles. The third-order valence-electron chi connectivity index (χ3n) is 7.73. The van der Waals surface area contributed by atoms with Gasteiger partial charge in [0.05, 0.1) is 23.0 Å². The fourth-order valence-corrected chi connectivity index (χ4v) is 6.87. The number of ether oxygens (including phenoxy) is 1. The Kier molecular flexibility index (Phi) is 5.23. The summed E-state index contributed by atoms with van der Waals surface area (Å²) >= 11 is 1.33. The number of piperidine rings is 1. The van der Waals surface area contributed by atoms with Crippen molar-refractivity contribution in [2.24, 2.45) is 5.92 Å². The molecule has 7 rings (SSSR count). The van der Waals surface area contributed by atoms with Crippen LogP contribution < -0.4 is 4.90 Å². The number of rotatable bonds is 7. The molecule has 0 spiro atoms. The smallest absolute Gasteiger partial charge is 0.335 e. The van der Waals surface area contributed by atoms with Crippen LogP contribution in [0.25, 0.3) is 21.5 Å². The summed E-state index contributed by atoms with van der Waals surface area (Å²) in [5.74, 6) is 0.0213. The Morgan fingerprint density at radius 3 is 2.84 bits per heavy atom. The number of aromatic nitrogens is 2. The van der Waals surface area contributed by atoms with Crippen LogP contribution in [0.3, 0.4) is 0 Å². The first-order chi connectivity index (χ1) is 17.9. The van der Waals surface area contributed by atoms with Crippen LogP contribution in [-0.2, 0) is 11.3 Å². The number of benzene rings is 2. The number of thiazole rings is 1. The number of hydrogen-bond donors (Lipinski definition) is 2. The van der Waals surface area contributed by atoms with Gasteiger partial charge < -0.3 is 24.4 Å². The maximum atomic E-state index is 14.5. The second-order valence-electron chi connectivity index (χ2n) is 10.2. The lowest BCUT2D eigenvalue weighted by Gasteiger charge is -2.31. The van der Waals surface area contributed by atoms with E-state index >= 15 is 0 Å². The molecule has 0 radical (unpaired) electrons. The number of anilines is 1. The number of aromatic carboxylic acids is 1. The molecule has 3 fully saturated rings. The number of phenols is 1. The second kappa shape index (κ2) is 8.53. The average Bonchev–Trinajstić information content (AvgIpc) is 3.23. The highest BCUT2D eigenvalue weighted by Crippen LogP contribution is 2.47. The number of hydrogen-bond acceptors (Lipinski definition) is 8. The number of fused-ring (bicyclic) bond motifs is 3. The Morgan fingerprint density at radius 1 is 1.24 bits per heavy atom. The summed E-state index contributed by atoms with van der Waals surface area (Å²) in [4.78, 5) is 18.0. The van der Waals surface area contributed by atoms with Crippen LogP contribution in [0.15, 0.2) is 40.9 Å². The molecule has 10 heteroatoms. The van der Waals surface area contributed by atoms with E-state index in [1.807, 2.05) is 6.07 Å². The third-order valence-corrected chi connectivity index (χ3v) is 8.77. The lowest BCUT2D eigenvalue weighted by Crippen LogP contribution is -2.38. The van der Waals surface area contributed by atoms with E-state index in [1.165, 1.54) is 17.4 Å². The molecule has 3 heterocycles. The third kappa shape index (κ3) is 3.95. The van der Waals surface area contributed by atoms with Crippen molar-refractivity contribution in [3.63, 3.8) is 0 Å². The quantitative estimate of drug-likeness (QED) is 0.326. The van der Waals surface area contributed by atoms with Crippen molar-refractivity contribution >= 4 is 32.7 Å². The molecule has 2 bridgehead atoms. The van der Waals surface area contributed by atoms with Crippen molar-refractivity contribution in [1.82, 2.24) is 10.1 Å².